The third-order valence-electron chi connectivity index (χ3n) is 5.43. The Bertz CT molecular complexity index is 860. The molecule has 0 aliphatic carbocycles. The van der Waals surface area contributed by atoms with Gasteiger partial charge in [-0.25, -0.2) is 13.6 Å². The molecule has 0 unspecified atom stereocenters. The van der Waals surface area contributed by atoms with Gasteiger partial charge in [0.25, 0.3) is 0 Å². The number of carbonyl (C=O) groups is 1. The molecule has 0 saturated carbocycles. The number of hydrogen-bond donors (Lipinski definition) is 2. The van der Waals surface area contributed by atoms with Crippen LogP contribution in [0.5, 0.6) is 0 Å². The van der Waals surface area contributed by atoms with E-state index in [-0.39, 0.29) is 30.3 Å². The molecule has 7 heteroatoms. The molecule has 2 aromatic carbocycles. The van der Waals surface area contributed by atoms with Gasteiger partial charge < -0.3 is 10.4 Å². The highest BCUT2D eigenvalue weighted by Gasteiger charge is 2.51. The largest absolute Gasteiger partial charge is 0.395 e. The van der Waals surface area contributed by atoms with Crippen molar-refractivity contribution in [2.24, 2.45) is 0 Å². The van der Waals surface area contributed by atoms with Crippen LogP contribution in [-0.2, 0) is 0 Å². The highest BCUT2D eigenvalue weighted by molar-refractivity contribution is 6.03. The summed E-state index contributed by atoms with van der Waals surface area (Å²) in [6.07, 6.45) is 0. The minimum Gasteiger partial charge on any atom is -0.395 e. The highest BCUT2D eigenvalue weighted by Crippen LogP contribution is 2.47. The fourth-order valence-electron chi connectivity index (χ4n) is 4.08. The number of aliphatic hydroxyl groups excluding tert-OH is 1. The van der Waals surface area contributed by atoms with Gasteiger partial charge in [0.2, 0.25) is 0 Å². The summed E-state index contributed by atoms with van der Waals surface area (Å²) in [6.45, 7) is 0.462. The van der Waals surface area contributed by atoms with E-state index in [9.17, 15) is 18.7 Å². The first-order valence-corrected chi connectivity index (χ1v) is 8.46. The lowest BCUT2D eigenvalue weighted by molar-refractivity contribution is -0.0202. The molecule has 2 aliphatic heterocycles. The lowest BCUT2D eigenvalue weighted by Gasteiger charge is -2.57. The molecule has 4 rings (SSSR count). The maximum absolute atomic E-state index is 13.9. The molecule has 2 heterocycles. The zero-order valence-corrected chi connectivity index (χ0v) is 14.2. The number of carbonyl (C=O) groups excluding carboxylic acids is 1. The Morgan fingerprint density at radius 1 is 1.27 bits per heavy atom. The summed E-state index contributed by atoms with van der Waals surface area (Å²) in [5.74, 6) is -1.16. The number of benzene rings is 2. The molecule has 0 radical (unpaired) electrons. The van der Waals surface area contributed by atoms with E-state index in [1.165, 1.54) is 0 Å². The summed E-state index contributed by atoms with van der Waals surface area (Å²) < 4.78 is 27.2. The van der Waals surface area contributed by atoms with E-state index in [0.717, 1.165) is 29.4 Å². The molecule has 2 aliphatic rings. The van der Waals surface area contributed by atoms with Crippen LogP contribution in [0, 0.1) is 11.6 Å². The zero-order valence-electron chi connectivity index (χ0n) is 14.2. The third kappa shape index (κ3) is 2.55. The SMILES string of the molecule is CN1[C@@H]2CN(C(=O)Nc3cc(F)ccc3F)c3ccccc3[C@@H]2[C@@H]1CO. The maximum atomic E-state index is 13.9. The monoisotopic (exact) mass is 359 g/mol. The number of halogens is 2. The van der Waals surface area contributed by atoms with Gasteiger partial charge in [0, 0.05) is 36.3 Å². The van der Waals surface area contributed by atoms with E-state index in [2.05, 4.69) is 5.32 Å². The van der Waals surface area contributed by atoms with E-state index in [1.54, 1.807) is 4.90 Å². The van der Waals surface area contributed by atoms with E-state index < -0.39 is 17.7 Å². The van der Waals surface area contributed by atoms with Crippen molar-refractivity contribution in [1.29, 1.82) is 0 Å². The Balaban J connectivity index is 1.65. The lowest BCUT2D eigenvalue weighted by atomic mass is 9.72. The van der Waals surface area contributed by atoms with E-state index >= 15 is 0 Å². The smallest absolute Gasteiger partial charge is 0.326 e. The first kappa shape index (κ1) is 16.9. The number of urea groups is 1. The molecular formula is C19H19F2N3O2. The van der Waals surface area contributed by atoms with E-state index in [4.69, 9.17) is 0 Å². The molecule has 0 aromatic heterocycles. The number of nitrogens with one attached hydrogen (secondary N) is 1. The normalized spacial score (nSPS) is 24.5. The molecule has 1 saturated heterocycles. The van der Waals surface area contributed by atoms with E-state index in [1.807, 2.05) is 36.2 Å². The molecule has 0 spiro atoms. The van der Waals surface area contributed by atoms with Crippen molar-refractivity contribution in [3.63, 3.8) is 0 Å². The zero-order chi connectivity index (χ0) is 18.4. The molecule has 5 nitrogen and oxygen atoms in total. The second-order valence-electron chi connectivity index (χ2n) is 6.73. The van der Waals surface area contributed by atoms with Crippen LogP contribution < -0.4 is 10.2 Å². The Kier molecular flexibility index (Phi) is 4.13. The number of para-hydroxylation sites is 1. The summed E-state index contributed by atoms with van der Waals surface area (Å²) in [5, 5.41) is 12.1. The predicted octanol–water partition coefficient (Wildman–Crippen LogP) is 2.78. The van der Waals surface area contributed by atoms with Crippen LogP contribution in [0.1, 0.15) is 11.5 Å². The number of anilines is 2. The summed E-state index contributed by atoms with van der Waals surface area (Å²) >= 11 is 0. The van der Waals surface area contributed by atoms with Gasteiger partial charge in [-0.3, -0.25) is 9.80 Å². The van der Waals surface area contributed by atoms with Gasteiger partial charge in [-0.05, 0) is 30.8 Å². The van der Waals surface area contributed by atoms with Crippen molar-refractivity contribution in [3.8, 4) is 0 Å². The Morgan fingerprint density at radius 3 is 2.81 bits per heavy atom. The maximum Gasteiger partial charge on any atom is 0.326 e. The number of likely N-dealkylation sites (N-methyl/N-ethyl adjacent to an activating group) is 1. The number of fused-ring (bicyclic) bond motifs is 3. The standard InChI is InChI=1S/C19H19F2N3O2/c1-23-16-9-24(19(26)22-14-8-11(20)6-7-13(14)21)15-5-3-2-4-12(15)18(16)17(23)10-25/h2-8,16-18,25H,9-10H2,1H3,(H,22,26)/t16-,17+,18+/m1/s1. The molecule has 136 valence electrons. The molecule has 2 amide bonds. The van der Waals surface area contributed by atoms with Gasteiger partial charge in [-0.15, -0.1) is 0 Å². The first-order chi connectivity index (χ1) is 12.5. The number of likely N-dealkylation sites (tertiary alicyclic amines) is 1. The fourth-order valence-corrected chi connectivity index (χ4v) is 4.08. The predicted molar refractivity (Wildman–Crippen MR) is 94.3 cm³/mol. The summed E-state index contributed by atoms with van der Waals surface area (Å²) in [6, 6.07) is 10.0. The number of amides is 2. The third-order valence-corrected chi connectivity index (χ3v) is 5.43. The highest BCUT2D eigenvalue weighted by atomic mass is 19.1. The van der Waals surface area contributed by atoms with Crippen molar-refractivity contribution in [2.45, 2.75) is 18.0 Å². The number of hydrogen-bond acceptors (Lipinski definition) is 3. The van der Waals surface area contributed by atoms with Crippen LogP contribution in [0.25, 0.3) is 0 Å². The van der Waals surface area contributed by atoms with Crippen molar-refractivity contribution in [3.05, 3.63) is 59.7 Å². The van der Waals surface area contributed by atoms with Gasteiger partial charge in [0.05, 0.1) is 12.3 Å². The molecular weight excluding hydrogens is 340 g/mol. The second-order valence-corrected chi connectivity index (χ2v) is 6.73. The molecule has 0 bridgehead atoms. The van der Waals surface area contributed by atoms with E-state index in [0.29, 0.717) is 6.54 Å². The Labute approximate surface area is 149 Å². The Morgan fingerprint density at radius 2 is 2.04 bits per heavy atom. The Hall–Kier alpha value is -2.51. The van der Waals surface area contributed by atoms with Gasteiger partial charge in [0.15, 0.2) is 0 Å². The first-order valence-electron chi connectivity index (χ1n) is 8.46. The molecule has 3 atom stereocenters. The minimum absolute atomic E-state index is 0.0204. The van der Waals surface area contributed by atoms with Gasteiger partial charge in [-0.1, -0.05) is 18.2 Å². The quantitative estimate of drug-likeness (QED) is 0.867. The second kappa shape index (κ2) is 6.34. The average Bonchev–Trinajstić information content (AvgIpc) is 2.64. The van der Waals surface area contributed by atoms with Gasteiger partial charge in [0.1, 0.15) is 11.6 Å². The topological polar surface area (TPSA) is 55.8 Å². The number of nitrogens with zero attached hydrogens (tertiary/aromatic N) is 2. The lowest BCUT2D eigenvalue weighted by Crippen LogP contribution is -2.68. The van der Waals surface area contributed by atoms with Gasteiger partial charge in [-0.2, -0.15) is 0 Å². The van der Waals surface area contributed by atoms with Crippen molar-refractivity contribution >= 4 is 17.4 Å². The molecule has 2 aromatic rings. The van der Waals surface area contributed by atoms with Gasteiger partial charge >= 0.3 is 6.03 Å². The molecule has 26 heavy (non-hydrogen) atoms. The molecule has 1 fully saturated rings. The fraction of sp³-hybridized carbons (Fsp3) is 0.316. The number of aliphatic hydroxyl groups is 1. The van der Waals surface area contributed by atoms with Crippen LogP contribution in [0.2, 0.25) is 0 Å². The summed E-state index contributed by atoms with van der Waals surface area (Å²) in [4.78, 5) is 16.4. The van der Waals surface area contributed by atoms with Crippen LogP contribution in [0.15, 0.2) is 42.5 Å². The average molecular weight is 359 g/mol. The van der Waals surface area contributed by atoms with Crippen LogP contribution in [0.4, 0.5) is 25.0 Å². The van der Waals surface area contributed by atoms with Crippen molar-refractivity contribution in [1.82, 2.24) is 4.90 Å². The minimum atomic E-state index is -0.691. The van der Waals surface area contributed by atoms with Crippen molar-refractivity contribution < 1.29 is 18.7 Å². The summed E-state index contributed by atoms with van der Waals surface area (Å²) in [5.41, 5.74) is 1.52. The number of rotatable bonds is 2. The molecule has 2 N–H and O–H groups in total. The van der Waals surface area contributed by atoms with Crippen LogP contribution in [-0.4, -0.2) is 48.3 Å². The van der Waals surface area contributed by atoms with Crippen LogP contribution >= 0.6 is 0 Å². The van der Waals surface area contributed by atoms with Crippen LogP contribution in [0.3, 0.4) is 0 Å². The summed E-state index contributed by atoms with van der Waals surface area (Å²) in [7, 11) is 1.91. The van der Waals surface area contributed by atoms with Crippen molar-refractivity contribution in [2.75, 3.05) is 30.4 Å².